The Morgan fingerprint density at radius 2 is 2.33 bits per heavy atom. The monoisotopic (exact) mass is 179 g/mol. The highest BCUT2D eigenvalue weighted by atomic mass is 35.5. The van der Waals surface area contributed by atoms with Crippen molar-refractivity contribution in [1.29, 1.82) is 5.26 Å². The Balaban J connectivity index is 3.12. The fourth-order valence-corrected chi connectivity index (χ4v) is 1.02. The lowest BCUT2D eigenvalue weighted by atomic mass is 10.2. The SMILES string of the molecule is N#Cc1ccc(C=NN)cc1Cl. The van der Waals surface area contributed by atoms with Gasteiger partial charge >= 0.3 is 0 Å². The number of nitriles is 1. The van der Waals surface area contributed by atoms with Crippen molar-refractivity contribution in [1.82, 2.24) is 0 Å². The number of halogens is 1. The summed E-state index contributed by atoms with van der Waals surface area (Å²) in [4.78, 5) is 0. The summed E-state index contributed by atoms with van der Waals surface area (Å²) in [6.07, 6.45) is 1.47. The van der Waals surface area contributed by atoms with Gasteiger partial charge in [-0.15, -0.1) is 0 Å². The molecule has 1 aromatic carbocycles. The summed E-state index contributed by atoms with van der Waals surface area (Å²) in [5.41, 5.74) is 1.23. The Hall–Kier alpha value is -1.53. The lowest BCUT2D eigenvalue weighted by Gasteiger charge is -1.95. The second kappa shape index (κ2) is 3.74. The van der Waals surface area contributed by atoms with Crippen molar-refractivity contribution in [3.05, 3.63) is 34.3 Å². The number of rotatable bonds is 1. The molecule has 0 aliphatic carbocycles. The van der Waals surface area contributed by atoms with Gasteiger partial charge in [-0.2, -0.15) is 10.4 Å². The summed E-state index contributed by atoms with van der Waals surface area (Å²) >= 11 is 5.74. The number of nitrogens with zero attached hydrogens (tertiary/aromatic N) is 2. The van der Waals surface area contributed by atoms with Crippen molar-refractivity contribution in [3.63, 3.8) is 0 Å². The van der Waals surface area contributed by atoms with Crippen LogP contribution in [0.1, 0.15) is 11.1 Å². The highest BCUT2D eigenvalue weighted by molar-refractivity contribution is 6.32. The molecular weight excluding hydrogens is 174 g/mol. The maximum Gasteiger partial charge on any atom is 0.101 e. The van der Waals surface area contributed by atoms with Crippen molar-refractivity contribution >= 4 is 17.8 Å². The normalized spacial score (nSPS) is 10.0. The molecule has 0 aromatic heterocycles. The first kappa shape index (κ1) is 8.57. The van der Waals surface area contributed by atoms with Gasteiger partial charge in [0.15, 0.2) is 0 Å². The lowest BCUT2D eigenvalue weighted by Crippen LogP contribution is -1.87. The fourth-order valence-electron chi connectivity index (χ4n) is 0.788. The van der Waals surface area contributed by atoms with Gasteiger partial charge in [0.25, 0.3) is 0 Å². The van der Waals surface area contributed by atoms with E-state index in [-0.39, 0.29) is 0 Å². The van der Waals surface area contributed by atoms with Crippen molar-refractivity contribution in [2.45, 2.75) is 0 Å². The lowest BCUT2D eigenvalue weighted by molar-refractivity contribution is 1.26. The fraction of sp³-hybridized carbons (Fsp3) is 0. The van der Waals surface area contributed by atoms with Gasteiger partial charge in [-0.05, 0) is 17.7 Å². The molecule has 0 atom stereocenters. The standard InChI is InChI=1S/C8H6ClN3/c9-8-3-6(5-12-11)1-2-7(8)4-10/h1-3,5H,11H2. The van der Waals surface area contributed by atoms with Crippen LogP contribution in [-0.4, -0.2) is 6.21 Å². The highest BCUT2D eigenvalue weighted by Crippen LogP contribution is 2.15. The molecule has 0 heterocycles. The molecule has 1 rings (SSSR count). The Morgan fingerprint density at radius 1 is 1.58 bits per heavy atom. The van der Waals surface area contributed by atoms with Gasteiger partial charge < -0.3 is 5.84 Å². The molecule has 60 valence electrons. The topological polar surface area (TPSA) is 62.2 Å². The van der Waals surface area contributed by atoms with Crippen LogP contribution in [0, 0.1) is 11.3 Å². The van der Waals surface area contributed by atoms with Gasteiger partial charge in [0.05, 0.1) is 16.8 Å². The molecule has 12 heavy (non-hydrogen) atoms. The number of hydrogen-bond acceptors (Lipinski definition) is 3. The van der Waals surface area contributed by atoms with Crippen LogP contribution in [-0.2, 0) is 0 Å². The second-order valence-electron chi connectivity index (χ2n) is 2.13. The number of hydrazone groups is 1. The van der Waals surface area contributed by atoms with Gasteiger partial charge in [-0.25, -0.2) is 0 Å². The van der Waals surface area contributed by atoms with Gasteiger partial charge in [0, 0.05) is 0 Å². The molecular formula is C8H6ClN3. The minimum atomic E-state index is 0.412. The first-order valence-electron chi connectivity index (χ1n) is 3.21. The molecule has 0 aliphatic rings. The third kappa shape index (κ3) is 1.74. The van der Waals surface area contributed by atoms with Crippen LogP contribution in [0.25, 0.3) is 0 Å². The molecule has 3 nitrogen and oxygen atoms in total. The van der Waals surface area contributed by atoms with Crippen molar-refractivity contribution in [2.75, 3.05) is 0 Å². The van der Waals surface area contributed by atoms with Gasteiger partial charge in [0.2, 0.25) is 0 Å². The van der Waals surface area contributed by atoms with Crippen molar-refractivity contribution < 1.29 is 0 Å². The molecule has 1 aromatic rings. The maximum atomic E-state index is 8.55. The largest absolute Gasteiger partial charge is 0.323 e. The van der Waals surface area contributed by atoms with Crippen LogP contribution in [0.15, 0.2) is 23.3 Å². The van der Waals surface area contributed by atoms with Crippen molar-refractivity contribution in [2.24, 2.45) is 10.9 Å². The average Bonchev–Trinajstić information content (AvgIpc) is 2.05. The smallest absolute Gasteiger partial charge is 0.101 e. The molecule has 0 unspecified atom stereocenters. The predicted molar refractivity (Wildman–Crippen MR) is 47.9 cm³/mol. The maximum absolute atomic E-state index is 8.55. The average molecular weight is 180 g/mol. The van der Waals surface area contributed by atoms with E-state index in [4.69, 9.17) is 22.7 Å². The second-order valence-corrected chi connectivity index (χ2v) is 2.54. The number of hydrogen-bond donors (Lipinski definition) is 1. The zero-order valence-corrected chi connectivity index (χ0v) is 6.92. The van der Waals surface area contributed by atoms with E-state index in [0.717, 1.165) is 5.56 Å². The van der Waals surface area contributed by atoms with E-state index in [1.54, 1.807) is 18.2 Å². The third-order valence-corrected chi connectivity index (χ3v) is 1.65. The molecule has 2 N–H and O–H groups in total. The zero-order valence-electron chi connectivity index (χ0n) is 6.16. The zero-order chi connectivity index (χ0) is 8.97. The predicted octanol–water partition coefficient (Wildman–Crippen LogP) is 1.50. The summed E-state index contributed by atoms with van der Waals surface area (Å²) in [6.45, 7) is 0. The summed E-state index contributed by atoms with van der Waals surface area (Å²) < 4.78 is 0. The Morgan fingerprint density at radius 3 is 2.83 bits per heavy atom. The number of nitrogens with two attached hydrogens (primary N) is 1. The molecule has 0 radical (unpaired) electrons. The van der Waals surface area contributed by atoms with Crippen LogP contribution >= 0.6 is 11.6 Å². The van der Waals surface area contributed by atoms with Crippen LogP contribution in [0.2, 0.25) is 5.02 Å². The van der Waals surface area contributed by atoms with E-state index in [2.05, 4.69) is 5.10 Å². The Labute approximate surface area is 75.1 Å². The molecule has 0 aliphatic heterocycles. The first-order valence-corrected chi connectivity index (χ1v) is 3.58. The van der Waals surface area contributed by atoms with Crippen LogP contribution in [0.3, 0.4) is 0 Å². The molecule has 4 heteroatoms. The summed E-state index contributed by atoms with van der Waals surface area (Å²) in [6, 6.07) is 6.94. The summed E-state index contributed by atoms with van der Waals surface area (Å²) in [5, 5.41) is 12.3. The highest BCUT2D eigenvalue weighted by Gasteiger charge is 1.98. The van der Waals surface area contributed by atoms with Gasteiger partial charge in [-0.1, -0.05) is 17.7 Å². The van der Waals surface area contributed by atoms with E-state index in [9.17, 15) is 0 Å². The minimum absolute atomic E-state index is 0.412. The molecule has 0 saturated carbocycles. The third-order valence-electron chi connectivity index (χ3n) is 1.34. The van der Waals surface area contributed by atoms with E-state index < -0.39 is 0 Å². The molecule has 0 spiro atoms. The van der Waals surface area contributed by atoms with Crippen LogP contribution in [0.4, 0.5) is 0 Å². The van der Waals surface area contributed by atoms with Gasteiger partial charge in [-0.3, -0.25) is 0 Å². The van der Waals surface area contributed by atoms with E-state index in [1.165, 1.54) is 6.21 Å². The minimum Gasteiger partial charge on any atom is -0.323 e. The summed E-state index contributed by atoms with van der Waals surface area (Å²) in [5.74, 6) is 4.94. The van der Waals surface area contributed by atoms with E-state index in [1.807, 2.05) is 6.07 Å². The van der Waals surface area contributed by atoms with Crippen LogP contribution < -0.4 is 5.84 Å². The summed E-state index contributed by atoms with van der Waals surface area (Å²) in [7, 11) is 0. The Bertz CT molecular complexity index is 352. The van der Waals surface area contributed by atoms with E-state index >= 15 is 0 Å². The van der Waals surface area contributed by atoms with Crippen LogP contribution in [0.5, 0.6) is 0 Å². The van der Waals surface area contributed by atoms with Gasteiger partial charge in [0.1, 0.15) is 6.07 Å². The number of benzene rings is 1. The molecule has 0 saturated heterocycles. The molecule has 0 amide bonds. The van der Waals surface area contributed by atoms with E-state index in [0.29, 0.717) is 10.6 Å². The Kier molecular flexibility index (Phi) is 2.67. The molecule has 0 fully saturated rings. The first-order chi connectivity index (χ1) is 5.77. The van der Waals surface area contributed by atoms with Crippen molar-refractivity contribution in [3.8, 4) is 6.07 Å². The quantitative estimate of drug-likeness (QED) is 0.404. The molecule has 0 bridgehead atoms.